The molecule has 146 valence electrons. The predicted octanol–water partition coefficient (Wildman–Crippen LogP) is 4.47. The zero-order valence-corrected chi connectivity index (χ0v) is 17.0. The molecule has 0 fully saturated rings. The molecule has 0 atom stereocenters. The fraction of sp³-hybridized carbons (Fsp3) is 0.0417. The van der Waals surface area contributed by atoms with Crippen LogP contribution in [-0.4, -0.2) is 14.6 Å². The quantitative estimate of drug-likeness (QED) is 0.438. The number of nitrogens with zero attached hydrogens (tertiary/aromatic N) is 3. The predicted molar refractivity (Wildman–Crippen MR) is 119 cm³/mol. The van der Waals surface area contributed by atoms with Crippen LogP contribution < -0.4 is 14.8 Å². The van der Waals surface area contributed by atoms with Crippen LogP contribution >= 0.6 is 11.3 Å². The second-order valence-electron chi connectivity index (χ2n) is 6.85. The van der Waals surface area contributed by atoms with Crippen molar-refractivity contribution in [3.05, 3.63) is 105 Å². The number of rotatable bonds is 4. The molecule has 0 unspecified atom stereocenters. The van der Waals surface area contributed by atoms with Gasteiger partial charge in [0.05, 0.1) is 4.53 Å². The number of hydrogen-bond donors (Lipinski definition) is 0. The second-order valence-corrected chi connectivity index (χ2v) is 7.86. The van der Waals surface area contributed by atoms with E-state index in [0.717, 1.165) is 22.4 Å². The van der Waals surface area contributed by atoms with Gasteiger partial charge in [0.25, 0.3) is 5.56 Å². The first-order valence-corrected chi connectivity index (χ1v) is 10.3. The van der Waals surface area contributed by atoms with Gasteiger partial charge in [-0.3, -0.25) is 4.79 Å². The molecule has 5 aromatic rings. The van der Waals surface area contributed by atoms with Crippen LogP contribution in [0.4, 0.5) is 0 Å². The van der Waals surface area contributed by atoms with E-state index in [2.05, 4.69) is 10.1 Å². The van der Waals surface area contributed by atoms with Gasteiger partial charge in [-0.05, 0) is 48.4 Å². The van der Waals surface area contributed by atoms with Crippen molar-refractivity contribution in [3.63, 3.8) is 0 Å². The van der Waals surface area contributed by atoms with Gasteiger partial charge in [-0.15, -0.1) is 5.10 Å². The Morgan fingerprint density at radius 3 is 2.50 bits per heavy atom. The summed E-state index contributed by atoms with van der Waals surface area (Å²) in [5.41, 5.74) is 2.72. The maximum Gasteiger partial charge on any atom is 0.291 e. The van der Waals surface area contributed by atoms with Crippen molar-refractivity contribution in [2.24, 2.45) is 0 Å². The van der Waals surface area contributed by atoms with Gasteiger partial charge in [-0.2, -0.15) is 9.50 Å². The van der Waals surface area contributed by atoms with Crippen molar-refractivity contribution in [2.45, 2.75) is 6.92 Å². The summed E-state index contributed by atoms with van der Waals surface area (Å²) >= 11 is 1.33. The lowest BCUT2D eigenvalue weighted by Crippen LogP contribution is -2.23. The van der Waals surface area contributed by atoms with E-state index in [0.29, 0.717) is 21.1 Å². The minimum absolute atomic E-state index is 0.170. The van der Waals surface area contributed by atoms with Crippen LogP contribution in [0.3, 0.4) is 0 Å². The summed E-state index contributed by atoms with van der Waals surface area (Å²) in [4.78, 5) is 18.0. The standard InChI is InChI=1S/C24H17N3O2S/c1-16-8-5-6-13-20(16)22-25-24-27(26-22)23(28)21(30-24)15-17-9-7-12-19(14-17)29-18-10-3-2-4-11-18/h2-15H,1H3/b21-15-. The monoisotopic (exact) mass is 411 g/mol. The molecule has 0 N–H and O–H groups in total. The lowest BCUT2D eigenvalue weighted by atomic mass is 10.1. The first-order chi connectivity index (χ1) is 14.7. The number of aryl methyl sites for hydroxylation is 1. The number of ether oxygens (including phenoxy) is 1. The summed E-state index contributed by atoms with van der Waals surface area (Å²) in [6.07, 6.45) is 1.84. The normalized spacial score (nSPS) is 11.8. The molecule has 0 radical (unpaired) electrons. The van der Waals surface area contributed by atoms with Crippen molar-refractivity contribution in [3.8, 4) is 22.9 Å². The van der Waals surface area contributed by atoms with Gasteiger partial charge in [0.2, 0.25) is 4.96 Å². The van der Waals surface area contributed by atoms with Crippen molar-refractivity contribution < 1.29 is 4.74 Å². The lowest BCUT2D eigenvalue weighted by Gasteiger charge is -2.05. The number of thiazole rings is 1. The fourth-order valence-electron chi connectivity index (χ4n) is 3.22. The smallest absolute Gasteiger partial charge is 0.291 e. The van der Waals surface area contributed by atoms with E-state index in [1.807, 2.05) is 91.9 Å². The highest BCUT2D eigenvalue weighted by Crippen LogP contribution is 2.22. The van der Waals surface area contributed by atoms with Gasteiger partial charge < -0.3 is 4.74 Å². The molecule has 5 nitrogen and oxygen atoms in total. The molecular weight excluding hydrogens is 394 g/mol. The van der Waals surface area contributed by atoms with Crippen LogP contribution in [0, 0.1) is 6.92 Å². The van der Waals surface area contributed by atoms with E-state index in [1.54, 1.807) is 0 Å². The molecular formula is C24H17N3O2S. The van der Waals surface area contributed by atoms with Gasteiger partial charge in [-0.1, -0.05) is 65.9 Å². The molecule has 0 spiro atoms. The first-order valence-electron chi connectivity index (χ1n) is 9.48. The molecule has 30 heavy (non-hydrogen) atoms. The van der Waals surface area contributed by atoms with Crippen molar-refractivity contribution >= 4 is 22.4 Å². The Bertz CT molecular complexity index is 1460. The highest BCUT2D eigenvalue weighted by atomic mass is 32.1. The average Bonchev–Trinajstić information content (AvgIpc) is 3.29. The molecule has 0 saturated carbocycles. The number of para-hydroxylation sites is 1. The highest BCUT2D eigenvalue weighted by molar-refractivity contribution is 7.15. The minimum atomic E-state index is -0.170. The Kier molecular flexibility index (Phi) is 4.61. The number of aromatic nitrogens is 3. The zero-order valence-electron chi connectivity index (χ0n) is 16.1. The molecule has 0 aliphatic carbocycles. The van der Waals surface area contributed by atoms with Crippen LogP contribution in [0.15, 0.2) is 83.7 Å². The summed E-state index contributed by atoms with van der Waals surface area (Å²) in [6.45, 7) is 2.01. The van der Waals surface area contributed by atoms with E-state index in [4.69, 9.17) is 4.74 Å². The topological polar surface area (TPSA) is 56.5 Å². The van der Waals surface area contributed by atoms with E-state index in [9.17, 15) is 4.79 Å². The number of benzene rings is 3. The maximum absolute atomic E-state index is 12.8. The molecule has 0 aliphatic rings. The second kappa shape index (κ2) is 7.57. The number of fused-ring (bicyclic) bond motifs is 1. The van der Waals surface area contributed by atoms with Gasteiger partial charge in [0.15, 0.2) is 5.82 Å². The molecule has 6 heteroatoms. The summed E-state index contributed by atoms with van der Waals surface area (Å²) in [5, 5.41) is 4.44. The lowest BCUT2D eigenvalue weighted by molar-refractivity contribution is 0.482. The van der Waals surface area contributed by atoms with E-state index >= 15 is 0 Å². The molecule has 5 rings (SSSR count). The van der Waals surface area contributed by atoms with Gasteiger partial charge >= 0.3 is 0 Å². The SMILES string of the molecule is Cc1ccccc1-c1nc2s/c(=C\c3cccc(Oc4ccccc4)c3)c(=O)n2n1. The average molecular weight is 411 g/mol. The molecule has 0 aliphatic heterocycles. The Morgan fingerprint density at radius 1 is 0.933 bits per heavy atom. The summed E-state index contributed by atoms with van der Waals surface area (Å²) in [5.74, 6) is 2.05. The van der Waals surface area contributed by atoms with Crippen LogP contribution in [-0.2, 0) is 0 Å². The summed E-state index contributed by atoms with van der Waals surface area (Å²) in [7, 11) is 0. The Hall–Kier alpha value is -3.77. The summed E-state index contributed by atoms with van der Waals surface area (Å²) < 4.78 is 7.84. The summed E-state index contributed by atoms with van der Waals surface area (Å²) in [6, 6.07) is 25.1. The Morgan fingerprint density at radius 2 is 1.70 bits per heavy atom. The Balaban J connectivity index is 1.50. The molecule has 2 heterocycles. The van der Waals surface area contributed by atoms with Gasteiger partial charge in [-0.25, -0.2) is 0 Å². The minimum Gasteiger partial charge on any atom is -0.457 e. The van der Waals surface area contributed by atoms with Crippen molar-refractivity contribution in [1.82, 2.24) is 14.6 Å². The largest absolute Gasteiger partial charge is 0.457 e. The van der Waals surface area contributed by atoms with E-state index in [1.165, 1.54) is 15.9 Å². The molecule has 0 bridgehead atoms. The van der Waals surface area contributed by atoms with Gasteiger partial charge in [0.1, 0.15) is 11.5 Å². The van der Waals surface area contributed by atoms with E-state index in [-0.39, 0.29) is 5.56 Å². The molecule has 2 aromatic heterocycles. The molecule has 3 aromatic carbocycles. The fourth-order valence-corrected chi connectivity index (χ4v) is 4.12. The van der Waals surface area contributed by atoms with Gasteiger partial charge in [0, 0.05) is 5.56 Å². The van der Waals surface area contributed by atoms with Crippen molar-refractivity contribution in [1.29, 1.82) is 0 Å². The van der Waals surface area contributed by atoms with Crippen molar-refractivity contribution in [2.75, 3.05) is 0 Å². The third kappa shape index (κ3) is 3.49. The third-order valence-electron chi connectivity index (χ3n) is 4.70. The number of hydrogen-bond acceptors (Lipinski definition) is 5. The van der Waals surface area contributed by atoms with Crippen LogP contribution in [0.5, 0.6) is 11.5 Å². The third-order valence-corrected chi connectivity index (χ3v) is 5.66. The molecule has 0 saturated heterocycles. The molecule has 0 amide bonds. The van der Waals surface area contributed by atoms with Crippen LogP contribution in [0.1, 0.15) is 11.1 Å². The maximum atomic E-state index is 12.8. The van der Waals surface area contributed by atoms with Crippen LogP contribution in [0.25, 0.3) is 22.4 Å². The van der Waals surface area contributed by atoms with E-state index < -0.39 is 0 Å². The highest BCUT2D eigenvalue weighted by Gasteiger charge is 2.13. The first kappa shape index (κ1) is 18.3. The zero-order chi connectivity index (χ0) is 20.5. The van der Waals surface area contributed by atoms with Crippen LogP contribution in [0.2, 0.25) is 0 Å². The Labute approximate surface area is 176 Å².